The number of nitrogens with zero attached hydrogens (tertiary/aromatic N) is 1. The number of carbonyl (C=O) groups is 2. The zero-order valence-corrected chi connectivity index (χ0v) is 25.3. The van der Waals surface area contributed by atoms with Crippen LogP contribution in [0.25, 0.3) is 22.3 Å². The minimum atomic E-state index is -3.61. The second kappa shape index (κ2) is 11.8. The Hall–Kier alpha value is -3.78. The lowest BCUT2D eigenvalue weighted by molar-refractivity contribution is -0.123. The Kier molecular flexibility index (Phi) is 8.37. The summed E-state index contributed by atoms with van der Waals surface area (Å²) in [6, 6.07) is 17.4. The number of aryl methyl sites for hydroxylation is 1. The van der Waals surface area contributed by atoms with Crippen LogP contribution in [0.5, 0.6) is 0 Å². The molecule has 1 heterocycles. The molecule has 0 radical (unpaired) electrons. The summed E-state index contributed by atoms with van der Waals surface area (Å²) >= 11 is 0. The molecule has 0 N–H and O–H groups in total. The highest BCUT2D eigenvalue weighted by molar-refractivity contribution is 7.92. The second-order valence-electron chi connectivity index (χ2n) is 11.4. The lowest BCUT2D eigenvalue weighted by Gasteiger charge is -2.31. The van der Waals surface area contributed by atoms with E-state index >= 15 is 0 Å². The first-order valence-corrected chi connectivity index (χ1v) is 16.2. The van der Waals surface area contributed by atoms with Gasteiger partial charge in [0.25, 0.3) is 0 Å². The molecule has 1 fully saturated rings. The minimum Gasteiger partial charge on any atom is -0.455 e. The van der Waals surface area contributed by atoms with Crippen LogP contribution in [0.4, 0.5) is 10.1 Å². The van der Waals surface area contributed by atoms with E-state index in [2.05, 4.69) is 0 Å². The first-order valence-electron chi connectivity index (χ1n) is 14.4. The van der Waals surface area contributed by atoms with Crippen LogP contribution in [-0.4, -0.2) is 33.3 Å². The Labute approximate surface area is 246 Å². The molecule has 220 valence electrons. The number of halogens is 1. The molecule has 3 aromatic carbocycles. The SMILES string of the molecule is CCC(=O)c1c(-c2ccc(C)cc2)oc2cc(N(C)S(C)(=O)=O)c([C@H]3CCCC(C(=O)Cc4ccc(F)cc4)C3)cc12. The van der Waals surface area contributed by atoms with Crippen LogP contribution >= 0.6 is 0 Å². The first kappa shape index (κ1) is 29.7. The third-order valence-corrected chi connectivity index (χ3v) is 9.64. The fraction of sp³-hybridized carbons (Fsp3) is 0.353. The number of hydrogen-bond donors (Lipinski definition) is 0. The maximum Gasteiger partial charge on any atom is 0.232 e. The summed E-state index contributed by atoms with van der Waals surface area (Å²) in [6.45, 7) is 3.80. The van der Waals surface area contributed by atoms with Crippen LogP contribution in [0.1, 0.15) is 72.0 Å². The van der Waals surface area contributed by atoms with E-state index in [1.54, 1.807) is 18.2 Å². The van der Waals surface area contributed by atoms with Crippen LogP contribution < -0.4 is 4.31 Å². The molecule has 1 aliphatic carbocycles. The summed E-state index contributed by atoms with van der Waals surface area (Å²) in [5, 5.41) is 0.651. The zero-order chi connectivity index (χ0) is 30.2. The maximum atomic E-state index is 13.4. The van der Waals surface area contributed by atoms with Gasteiger partial charge < -0.3 is 4.42 Å². The summed E-state index contributed by atoms with van der Waals surface area (Å²) in [5.41, 5.74) is 4.84. The Morgan fingerprint density at radius 1 is 1.02 bits per heavy atom. The van der Waals surface area contributed by atoms with Gasteiger partial charge in [-0.3, -0.25) is 13.9 Å². The average molecular weight is 590 g/mol. The molecule has 0 bridgehead atoms. The molecule has 4 aromatic rings. The van der Waals surface area contributed by atoms with Crippen LogP contribution in [-0.2, 0) is 21.2 Å². The number of fused-ring (bicyclic) bond motifs is 1. The smallest absolute Gasteiger partial charge is 0.232 e. The van der Waals surface area contributed by atoms with Crippen molar-refractivity contribution in [2.24, 2.45) is 5.92 Å². The summed E-state index contributed by atoms with van der Waals surface area (Å²) in [7, 11) is -2.10. The molecule has 0 spiro atoms. The fourth-order valence-electron chi connectivity index (χ4n) is 6.00. The summed E-state index contributed by atoms with van der Waals surface area (Å²) < 4.78 is 46.4. The summed E-state index contributed by atoms with van der Waals surface area (Å²) in [5.74, 6) is -0.129. The second-order valence-corrected chi connectivity index (χ2v) is 13.4. The van der Waals surface area contributed by atoms with Gasteiger partial charge in [-0.2, -0.15) is 0 Å². The van der Waals surface area contributed by atoms with E-state index in [0.29, 0.717) is 34.4 Å². The van der Waals surface area contributed by atoms with Gasteiger partial charge in [0, 0.05) is 42.8 Å². The molecule has 6 nitrogen and oxygen atoms in total. The monoisotopic (exact) mass is 589 g/mol. The number of rotatable bonds is 9. The Balaban J connectivity index is 1.60. The number of carbonyl (C=O) groups excluding carboxylic acids is 2. The Morgan fingerprint density at radius 3 is 2.36 bits per heavy atom. The number of benzene rings is 3. The van der Waals surface area contributed by atoms with Crippen molar-refractivity contribution in [3.8, 4) is 11.3 Å². The lowest BCUT2D eigenvalue weighted by atomic mass is 9.75. The van der Waals surface area contributed by atoms with Crippen molar-refractivity contribution in [3.05, 3.63) is 88.7 Å². The quantitative estimate of drug-likeness (QED) is 0.188. The van der Waals surface area contributed by atoms with Gasteiger partial charge >= 0.3 is 0 Å². The minimum absolute atomic E-state index is 0.0597. The lowest BCUT2D eigenvalue weighted by Crippen LogP contribution is -2.28. The summed E-state index contributed by atoms with van der Waals surface area (Å²) in [6.07, 6.45) is 4.58. The zero-order valence-electron chi connectivity index (χ0n) is 24.4. The molecule has 8 heteroatoms. The predicted octanol–water partition coefficient (Wildman–Crippen LogP) is 7.62. The van der Waals surface area contributed by atoms with E-state index in [4.69, 9.17) is 4.42 Å². The van der Waals surface area contributed by atoms with Gasteiger partial charge in [-0.15, -0.1) is 0 Å². The van der Waals surface area contributed by atoms with Gasteiger partial charge in [-0.25, -0.2) is 12.8 Å². The Morgan fingerprint density at radius 2 is 1.71 bits per heavy atom. The number of ketones is 2. The molecular weight excluding hydrogens is 553 g/mol. The standard InChI is InChI=1S/C34H36FNO5S/c1-5-30(37)33-28-19-27(24-7-6-8-25(18-24)31(38)17-22-11-15-26(35)16-12-22)29(36(3)42(4,39)40)20-32(28)41-34(33)23-13-9-21(2)10-14-23/h9-16,19-20,24-25H,5-8,17-18H2,1-4H3/t24-,25?/m0/s1. The molecule has 1 aromatic heterocycles. The topological polar surface area (TPSA) is 84.7 Å². The number of furan rings is 1. The van der Waals surface area contributed by atoms with Gasteiger partial charge in [0.15, 0.2) is 5.78 Å². The normalized spacial score (nSPS) is 17.4. The number of hydrogen-bond acceptors (Lipinski definition) is 5. The van der Waals surface area contributed by atoms with Crippen molar-refractivity contribution >= 4 is 38.2 Å². The first-order chi connectivity index (χ1) is 20.0. The average Bonchev–Trinajstić information content (AvgIpc) is 3.35. The van der Waals surface area contributed by atoms with Crippen LogP contribution in [0.3, 0.4) is 0 Å². The highest BCUT2D eigenvalue weighted by Crippen LogP contribution is 2.45. The molecule has 2 atom stereocenters. The van der Waals surface area contributed by atoms with Crippen LogP contribution in [0.15, 0.2) is 65.1 Å². The summed E-state index contributed by atoms with van der Waals surface area (Å²) in [4.78, 5) is 26.6. The van der Waals surface area contributed by atoms with Gasteiger partial charge in [0.05, 0.1) is 17.5 Å². The molecule has 0 aliphatic heterocycles. The largest absolute Gasteiger partial charge is 0.455 e. The van der Waals surface area contributed by atoms with Crippen molar-refractivity contribution < 1.29 is 26.8 Å². The molecule has 0 saturated heterocycles. The molecular formula is C34H36FNO5S. The van der Waals surface area contributed by atoms with E-state index in [0.717, 1.165) is 47.8 Å². The highest BCUT2D eigenvalue weighted by atomic mass is 32.2. The van der Waals surface area contributed by atoms with E-state index in [1.807, 2.05) is 44.2 Å². The Bertz CT molecular complexity index is 1740. The number of anilines is 1. The van der Waals surface area contributed by atoms with E-state index in [-0.39, 0.29) is 42.1 Å². The maximum absolute atomic E-state index is 13.4. The fourth-order valence-corrected chi connectivity index (χ4v) is 6.52. The third kappa shape index (κ3) is 6.04. The number of sulfonamides is 1. The van der Waals surface area contributed by atoms with E-state index in [9.17, 15) is 22.4 Å². The van der Waals surface area contributed by atoms with E-state index in [1.165, 1.54) is 23.5 Å². The van der Waals surface area contributed by atoms with Crippen LogP contribution in [0.2, 0.25) is 0 Å². The van der Waals surface area contributed by atoms with Crippen LogP contribution in [0, 0.1) is 18.7 Å². The molecule has 5 rings (SSSR count). The van der Waals surface area contributed by atoms with Crippen molar-refractivity contribution in [1.82, 2.24) is 0 Å². The molecule has 0 amide bonds. The van der Waals surface area contributed by atoms with Gasteiger partial charge in [-0.1, -0.05) is 55.3 Å². The van der Waals surface area contributed by atoms with Crippen molar-refractivity contribution in [2.75, 3.05) is 17.6 Å². The predicted molar refractivity (Wildman–Crippen MR) is 164 cm³/mol. The molecule has 1 unspecified atom stereocenters. The van der Waals surface area contributed by atoms with Gasteiger partial charge in [0.1, 0.15) is 22.9 Å². The van der Waals surface area contributed by atoms with Crippen molar-refractivity contribution in [3.63, 3.8) is 0 Å². The highest BCUT2D eigenvalue weighted by Gasteiger charge is 2.32. The third-order valence-electron chi connectivity index (χ3n) is 8.45. The van der Waals surface area contributed by atoms with Gasteiger partial charge in [-0.05, 0) is 61.4 Å². The van der Waals surface area contributed by atoms with Crippen molar-refractivity contribution in [2.45, 2.75) is 58.3 Å². The molecule has 1 aliphatic rings. The van der Waals surface area contributed by atoms with Crippen molar-refractivity contribution in [1.29, 1.82) is 0 Å². The molecule has 1 saturated carbocycles. The van der Waals surface area contributed by atoms with E-state index < -0.39 is 10.0 Å². The number of Topliss-reactive ketones (excluding diaryl/α,β-unsaturated/α-hetero) is 2. The molecule has 42 heavy (non-hydrogen) atoms. The van der Waals surface area contributed by atoms with Gasteiger partial charge in [0.2, 0.25) is 10.0 Å².